The minimum atomic E-state index is -0.811. The van der Waals surface area contributed by atoms with Crippen LogP contribution < -0.4 is 4.90 Å². The number of nitrogens with zero attached hydrogens (tertiary/aromatic N) is 1. The third-order valence-electron chi connectivity index (χ3n) is 4.77. The second-order valence-electron chi connectivity index (χ2n) is 6.04. The lowest BCUT2D eigenvalue weighted by molar-refractivity contribution is -0.143. The van der Waals surface area contributed by atoms with Crippen molar-refractivity contribution in [1.82, 2.24) is 0 Å². The van der Waals surface area contributed by atoms with E-state index in [0.717, 1.165) is 35.2 Å². The molecule has 3 rings (SSSR count). The van der Waals surface area contributed by atoms with Gasteiger partial charge in [0.2, 0.25) is 5.91 Å². The number of aryl methyl sites for hydroxylation is 1. The van der Waals surface area contributed by atoms with Crippen LogP contribution in [0.5, 0.6) is 0 Å². The molecule has 0 spiro atoms. The van der Waals surface area contributed by atoms with E-state index in [2.05, 4.69) is 0 Å². The number of carbonyl (C=O) groups excluding carboxylic acids is 1. The SMILES string of the molecule is Cc1cc2c(c(C3(C(=O)O)CCCC3)c1)N(C)C(=O)C2. The number of rotatable bonds is 2. The van der Waals surface area contributed by atoms with Crippen molar-refractivity contribution in [2.45, 2.75) is 44.4 Å². The molecule has 1 N–H and O–H groups in total. The lowest BCUT2D eigenvalue weighted by atomic mass is 9.76. The minimum Gasteiger partial charge on any atom is -0.481 e. The van der Waals surface area contributed by atoms with E-state index in [1.165, 1.54) is 0 Å². The van der Waals surface area contributed by atoms with E-state index >= 15 is 0 Å². The minimum absolute atomic E-state index is 0.0467. The molecular weight excluding hydrogens is 254 g/mol. The van der Waals surface area contributed by atoms with Gasteiger partial charge in [-0.15, -0.1) is 0 Å². The Bertz CT molecular complexity index is 600. The maximum atomic E-state index is 12.0. The Morgan fingerprint density at radius 3 is 2.55 bits per heavy atom. The van der Waals surface area contributed by atoms with E-state index in [4.69, 9.17) is 0 Å². The molecule has 1 fully saturated rings. The van der Waals surface area contributed by atoms with Crippen molar-refractivity contribution in [2.24, 2.45) is 0 Å². The molecule has 4 nitrogen and oxygen atoms in total. The predicted molar refractivity (Wildman–Crippen MR) is 76.1 cm³/mol. The summed E-state index contributed by atoms with van der Waals surface area (Å²) in [5.74, 6) is -0.707. The van der Waals surface area contributed by atoms with Crippen LogP contribution in [-0.4, -0.2) is 24.0 Å². The molecule has 1 aromatic rings. The van der Waals surface area contributed by atoms with E-state index in [9.17, 15) is 14.7 Å². The standard InChI is InChI=1S/C16H19NO3/c1-10-7-11-9-13(18)17(2)14(11)12(8-10)16(15(19)20)5-3-4-6-16/h7-8H,3-6,9H2,1-2H3,(H,19,20). The van der Waals surface area contributed by atoms with Crippen LogP contribution in [0.2, 0.25) is 0 Å². The lowest BCUT2D eigenvalue weighted by Crippen LogP contribution is -2.35. The highest BCUT2D eigenvalue weighted by Crippen LogP contribution is 2.47. The monoisotopic (exact) mass is 273 g/mol. The van der Waals surface area contributed by atoms with Crippen molar-refractivity contribution in [3.63, 3.8) is 0 Å². The fourth-order valence-corrected chi connectivity index (χ4v) is 3.73. The van der Waals surface area contributed by atoms with Gasteiger partial charge in [-0.3, -0.25) is 9.59 Å². The summed E-state index contributed by atoms with van der Waals surface area (Å²) in [5.41, 5.74) is 2.87. The summed E-state index contributed by atoms with van der Waals surface area (Å²) >= 11 is 0. The van der Waals surface area contributed by atoms with Crippen molar-refractivity contribution in [1.29, 1.82) is 0 Å². The first-order valence-corrected chi connectivity index (χ1v) is 7.10. The number of benzene rings is 1. The highest BCUT2D eigenvalue weighted by atomic mass is 16.4. The molecule has 0 aromatic heterocycles. The van der Waals surface area contributed by atoms with Crippen LogP contribution in [0.25, 0.3) is 0 Å². The average molecular weight is 273 g/mol. The molecule has 0 saturated heterocycles. The number of carboxylic acid groups (broad SMARTS) is 1. The zero-order valence-electron chi connectivity index (χ0n) is 11.9. The Kier molecular flexibility index (Phi) is 2.85. The first kappa shape index (κ1) is 13.2. The first-order valence-electron chi connectivity index (χ1n) is 7.10. The number of likely N-dealkylation sites (N-methyl/N-ethyl adjacent to an activating group) is 1. The van der Waals surface area contributed by atoms with Crippen LogP contribution in [0.3, 0.4) is 0 Å². The summed E-state index contributed by atoms with van der Waals surface area (Å²) in [6, 6.07) is 3.97. The predicted octanol–water partition coefficient (Wildman–Crippen LogP) is 2.41. The van der Waals surface area contributed by atoms with Gasteiger partial charge in [0.05, 0.1) is 17.5 Å². The summed E-state index contributed by atoms with van der Waals surface area (Å²) in [7, 11) is 1.75. The molecule has 0 unspecified atom stereocenters. The van der Waals surface area contributed by atoms with Crippen LogP contribution in [0, 0.1) is 6.92 Å². The maximum absolute atomic E-state index is 12.0. The number of anilines is 1. The van der Waals surface area contributed by atoms with Crippen molar-refractivity contribution >= 4 is 17.6 Å². The maximum Gasteiger partial charge on any atom is 0.314 e. The second-order valence-corrected chi connectivity index (χ2v) is 6.04. The summed E-state index contributed by atoms with van der Waals surface area (Å²) in [6.45, 7) is 1.97. The third kappa shape index (κ3) is 1.67. The molecular formula is C16H19NO3. The molecule has 20 heavy (non-hydrogen) atoms. The zero-order valence-corrected chi connectivity index (χ0v) is 11.9. The molecule has 106 valence electrons. The largest absolute Gasteiger partial charge is 0.481 e. The number of fused-ring (bicyclic) bond motifs is 1. The van der Waals surface area contributed by atoms with Gasteiger partial charge in [0.25, 0.3) is 0 Å². The second kappa shape index (κ2) is 4.33. The molecule has 0 atom stereocenters. The Morgan fingerprint density at radius 1 is 1.30 bits per heavy atom. The number of carboxylic acids is 1. The van der Waals surface area contributed by atoms with Crippen LogP contribution in [0.15, 0.2) is 12.1 Å². The Hall–Kier alpha value is -1.84. The quantitative estimate of drug-likeness (QED) is 0.900. The van der Waals surface area contributed by atoms with Gasteiger partial charge in [0.15, 0.2) is 0 Å². The fourth-order valence-electron chi connectivity index (χ4n) is 3.73. The van der Waals surface area contributed by atoms with Crippen LogP contribution in [-0.2, 0) is 21.4 Å². The molecule has 1 amide bonds. The normalized spacial score (nSPS) is 20.3. The molecule has 1 aromatic carbocycles. The van der Waals surface area contributed by atoms with Gasteiger partial charge < -0.3 is 10.0 Å². The molecule has 1 heterocycles. The molecule has 2 aliphatic rings. The van der Waals surface area contributed by atoms with Crippen molar-refractivity contribution in [2.75, 3.05) is 11.9 Å². The van der Waals surface area contributed by atoms with Crippen LogP contribution in [0.4, 0.5) is 5.69 Å². The number of carbonyl (C=O) groups is 2. The van der Waals surface area contributed by atoms with Crippen molar-refractivity contribution in [3.8, 4) is 0 Å². The van der Waals surface area contributed by atoms with Gasteiger partial charge in [-0.2, -0.15) is 0 Å². The van der Waals surface area contributed by atoms with Gasteiger partial charge in [-0.05, 0) is 30.9 Å². The summed E-state index contributed by atoms with van der Waals surface area (Å²) in [4.78, 5) is 25.5. The topological polar surface area (TPSA) is 57.6 Å². The number of hydrogen-bond donors (Lipinski definition) is 1. The van der Waals surface area contributed by atoms with Gasteiger partial charge in [-0.1, -0.05) is 30.5 Å². The van der Waals surface area contributed by atoms with Gasteiger partial charge in [0.1, 0.15) is 0 Å². The number of hydrogen-bond acceptors (Lipinski definition) is 2. The van der Waals surface area contributed by atoms with Crippen LogP contribution in [0.1, 0.15) is 42.4 Å². The number of amides is 1. The Morgan fingerprint density at radius 2 is 1.95 bits per heavy atom. The molecule has 0 bridgehead atoms. The third-order valence-corrected chi connectivity index (χ3v) is 4.77. The van der Waals surface area contributed by atoms with E-state index in [1.54, 1.807) is 11.9 Å². The molecule has 1 aliphatic heterocycles. The molecule has 1 saturated carbocycles. The lowest BCUT2D eigenvalue weighted by Gasteiger charge is -2.29. The zero-order chi connectivity index (χ0) is 14.5. The van der Waals surface area contributed by atoms with Crippen molar-refractivity contribution in [3.05, 3.63) is 28.8 Å². The van der Waals surface area contributed by atoms with Gasteiger partial charge in [0, 0.05) is 7.05 Å². The molecule has 0 radical (unpaired) electrons. The van der Waals surface area contributed by atoms with E-state index in [0.29, 0.717) is 19.3 Å². The highest BCUT2D eigenvalue weighted by Gasteiger charge is 2.46. The summed E-state index contributed by atoms with van der Waals surface area (Å²) in [5, 5.41) is 9.79. The average Bonchev–Trinajstić information content (AvgIpc) is 2.96. The molecule has 4 heteroatoms. The summed E-state index contributed by atoms with van der Waals surface area (Å²) in [6.07, 6.45) is 3.59. The van der Waals surface area contributed by atoms with Gasteiger partial charge >= 0.3 is 5.97 Å². The van der Waals surface area contributed by atoms with Crippen LogP contribution >= 0.6 is 0 Å². The fraction of sp³-hybridized carbons (Fsp3) is 0.500. The van der Waals surface area contributed by atoms with Gasteiger partial charge in [-0.25, -0.2) is 0 Å². The summed E-state index contributed by atoms with van der Waals surface area (Å²) < 4.78 is 0. The Labute approximate surface area is 118 Å². The number of aliphatic carboxylic acids is 1. The van der Waals surface area contributed by atoms with E-state index in [-0.39, 0.29) is 5.91 Å². The Balaban J connectivity index is 2.24. The molecule has 1 aliphatic carbocycles. The smallest absolute Gasteiger partial charge is 0.314 e. The first-order chi connectivity index (χ1) is 9.45. The van der Waals surface area contributed by atoms with E-state index in [1.807, 2.05) is 19.1 Å². The van der Waals surface area contributed by atoms with Crippen molar-refractivity contribution < 1.29 is 14.7 Å². The highest BCUT2D eigenvalue weighted by molar-refractivity contribution is 6.03. The van der Waals surface area contributed by atoms with E-state index < -0.39 is 11.4 Å².